The van der Waals surface area contributed by atoms with E-state index in [2.05, 4.69) is 0 Å². The van der Waals surface area contributed by atoms with Gasteiger partial charge in [0.1, 0.15) is 5.78 Å². The molecular weight excluding hydrogens is 218 g/mol. The second-order valence-corrected chi connectivity index (χ2v) is 3.73. The molecule has 0 radical (unpaired) electrons. The van der Waals surface area contributed by atoms with Gasteiger partial charge in [-0.1, -0.05) is 0 Å². The summed E-state index contributed by atoms with van der Waals surface area (Å²) in [7, 11) is 0. The number of hydrogen-bond acceptors (Lipinski definition) is 5. The van der Waals surface area contributed by atoms with Crippen molar-refractivity contribution >= 4 is 34.9 Å². The lowest BCUT2D eigenvalue weighted by atomic mass is 10.1. The molecule has 1 aliphatic heterocycles. The van der Waals surface area contributed by atoms with Crippen molar-refractivity contribution in [2.75, 3.05) is 0 Å². The summed E-state index contributed by atoms with van der Waals surface area (Å²) >= 11 is 4.81. The third-order valence-electron chi connectivity index (χ3n) is 2.15. The zero-order valence-corrected chi connectivity index (χ0v) is 9.30. The van der Waals surface area contributed by atoms with Crippen LogP contribution in [-0.4, -0.2) is 27.7 Å². The van der Waals surface area contributed by atoms with Gasteiger partial charge in [-0.25, -0.2) is 0 Å². The molecule has 1 fully saturated rings. The maximum atomic E-state index is 11.1. The molecule has 6 heteroatoms. The Balaban J connectivity index is 2.62. The van der Waals surface area contributed by atoms with Gasteiger partial charge in [0.25, 0.3) is 11.8 Å². The number of carbonyl (C=O) groups excluding carboxylic acids is 3. The fourth-order valence-electron chi connectivity index (χ4n) is 0.993. The fourth-order valence-corrected chi connectivity index (χ4v) is 1.23. The van der Waals surface area contributed by atoms with Gasteiger partial charge in [-0.05, 0) is 26.1 Å². The largest absolute Gasteiger partial charge is 0.361 e. The number of rotatable bonds is 3. The number of imide groups is 1. The topological polar surface area (TPSA) is 63.7 Å². The number of Topliss-reactive ketones (excluding diaryl/α,β-unsaturated/α-hetero) is 1. The molecule has 0 N–H and O–H groups in total. The average Bonchev–Trinajstić information content (AvgIpc) is 2.47. The van der Waals surface area contributed by atoms with Crippen molar-refractivity contribution in [3.05, 3.63) is 0 Å². The van der Waals surface area contributed by atoms with Gasteiger partial charge in [-0.2, -0.15) is 0 Å². The zero-order chi connectivity index (χ0) is 11.6. The molecule has 5 nitrogen and oxygen atoms in total. The maximum Gasteiger partial charge on any atom is 0.263 e. The number of hydroxylamine groups is 2. The summed E-state index contributed by atoms with van der Waals surface area (Å²) in [6.45, 7) is 2.93. The van der Waals surface area contributed by atoms with E-state index in [1.54, 1.807) is 6.92 Å². The van der Waals surface area contributed by atoms with Crippen LogP contribution in [0.1, 0.15) is 26.7 Å². The van der Waals surface area contributed by atoms with E-state index in [1.807, 2.05) is 0 Å². The summed E-state index contributed by atoms with van der Waals surface area (Å²) < 4.78 is 0. The summed E-state index contributed by atoms with van der Waals surface area (Å²) in [4.78, 5) is 38.2. The Labute approximate surface area is 92.3 Å². The monoisotopic (exact) mass is 229 g/mol. The molecule has 82 valence electrons. The van der Waals surface area contributed by atoms with Crippen LogP contribution in [0.15, 0.2) is 0 Å². The average molecular weight is 229 g/mol. The number of carbonyl (C=O) groups is 3. The predicted molar refractivity (Wildman–Crippen MR) is 54.6 cm³/mol. The molecule has 0 aromatic heterocycles. The normalized spacial score (nSPS) is 17.9. The SMILES string of the molecule is CC(=O)C(C)C(=S)ON1C(=O)CCC1=O. The number of amides is 2. The highest BCUT2D eigenvalue weighted by Crippen LogP contribution is 2.14. The molecule has 1 aliphatic rings. The molecule has 1 saturated heterocycles. The Morgan fingerprint density at radius 2 is 1.87 bits per heavy atom. The van der Waals surface area contributed by atoms with E-state index in [0.29, 0.717) is 5.06 Å². The Hall–Kier alpha value is -1.30. The lowest BCUT2D eigenvalue weighted by molar-refractivity contribution is -0.167. The van der Waals surface area contributed by atoms with Crippen LogP contribution >= 0.6 is 12.2 Å². The highest BCUT2D eigenvalue weighted by atomic mass is 32.1. The lowest BCUT2D eigenvalue weighted by Crippen LogP contribution is -2.34. The second-order valence-electron chi connectivity index (χ2n) is 3.32. The molecule has 1 unspecified atom stereocenters. The van der Waals surface area contributed by atoms with Gasteiger partial charge < -0.3 is 4.84 Å². The van der Waals surface area contributed by atoms with Crippen LogP contribution in [0.3, 0.4) is 0 Å². The van der Waals surface area contributed by atoms with Gasteiger partial charge in [-0.15, -0.1) is 5.06 Å². The van der Waals surface area contributed by atoms with Gasteiger partial charge in [0, 0.05) is 12.8 Å². The van der Waals surface area contributed by atoms with Crippen molar-refractivity contribution in [1.29, 1.82) is 0 Å². The molecule has 2 amide bonds. The first-order chi connectivity index (χ1) is 6.93. The molecule has 0 aromatic carbocycles. The third-order valence-corrected chi connectivity index (χ3v) is 2.58. The van der Waals surface area contributed by atoms with Crippen LogP contribution in [0.25, 0.3) is 0 Å². The first-order valence-electron chi connectivity index (χ1n) is 4.51. The van der Waals surface area contributed by atoms with Crippen LogP contribution in [0.2, 0.25) is 0 Å². The van der Waals surface area contributed by atoms with E-state index in [9.17, 15) is 14.4 Å². The summed E-state index contributed by atoms with van der Waals surface area (Å²) in [6, 6.07) is 0. The zero-order valence-electron chi connectivity index (χ0n) is 8.48. The van der Waals surface area contributed by atoms with Gasteiger partial charge in [0.15, 0.2) is 0 Å². The summed E-state index contributed by atoms with van der Waals surface area (Å²) in [5.41, 5.74) is 0. The van der Waals surface area contributed by atoms with Crippen LogP contribution < -0.4 is 0 Å². The minimum atomic E-state index is -0.596. The molecule has 15 heavy (non-hydrogen) atoms. The summed E-state index contributed by atoms with van der Waals surface area (Å²) in [5.74, 6) is -1.60. The van der Waals surface area contributed by atoms with Crippen molar-refractivity contribution in [2.45, 2.75) is 26.7 Å². The highest BCUT2D eigenvalue weighted by molar-refractivity contribution is 7.80. The first kappa shape index (κ1) is 11.8. The Morgan fingerprint density at radius 3 is 2.27 bits per heavy atom. The molecule has 0 aliphatic carbocycles. The van der Waals surface area contributed by atoms with E-state index >= 15 is 0 Å². The lowest BCUT2D eigenvalue weighted by Gasteiger charge is -2.17. The van der Waals surface area contributed by atoms with Crippen molar-refractivity contribution in [3.8, 4) is 0 Å². The minimum Gasteiger partial charge on any atom is -0.361 e. The second kappa shape index (κ2) is 4.48. The fraction of sp³-hybridized carbons (Fsp3) is 0.556. The molecule has 1 atom stereocenters. The quantitative estimate of drug-likeness (QED) is 0.524. The maximum absolute atomic E-state index is 11.1. The van der Waals surface area contributed by atoms with Crippen molar-refractivity contribution < 1.29 is 19.2 Å². The van der Waals surface area contributed by atoms with Crippen LogP contribution in [-0.2, 0) is 19.2 Å². The Bertz CT molecular complexity index is 323. The van der Waals surface area contributed by atoms with E-state index in [0.717, 1.165) is 0 Å². The molecule has 0 saturated carbocycles. The van der Waals surface area contributed by atoms with E-state index in [1.165, 1.54) is 6.92 Å². The summed E-state index contributed by atoms with van der Waals surface area (Å²) in [5, 5.41) is 0.591. The van der Waals surface area contributed by atoms with Gasteiger partial charge in [-0.3, -0.25) is 14.4 Å². The Kier molecular flexibility index (Phi) is 3.52. The van der Waals surface area contributed by atoms with Crippen molar-refractivity contribution in [2.24, 2.45) is 5.92 Å². The molecular formula is C9H11NO4S. The minimum absolute atomic E-state index is 0.0499. The number of ketones is 1. The van der Waals surface area contributed by atoms with Crippen molar-refractivity contribution in [1.82, 2.24) is 5.06 Å². The van der Waals surface area contributed by atoms with Crippen LogP contribution in [0, 0.1) is 5.92 Å². The molecule has 1 heterocycles. The number of hydrogen-bond donors (Lipinski definition) is 0. The molecule has 0 spiro atoms. The number of nitrogens with zero attached hydrogens (tertiary/aromatic N) is 1. The molecule has 1 rings (SSSR count). The summed E-state index contributed by atoms with van der Waals surface area (Å²) in [6.07, 6.45) is 0.270. The Morgan fingerprint density at radius 1 is 1.40 bits per heavy atom. The first-order valence-corrected chi connectivity index (χ1v) is 4.92. The highest BCUT2D eigenvalue weighted by Gasteiger charge is 2.33. The van der Waals surface area contributed by atoms with Crippen LogP contribution in [0.5, 0.6) is 0 Å². The van der Waals surface area contributed by atoms with Crippen molar-refractivity contribution in [3.63, 3.8) is 0 Å². The van der Waals surface area contributed by atoms with Gasteiger partial charge in [0.05, 0.1) is 5.92 Å². The van der Waals surface area contributed by atoms with E-state index in [-0.39, 0.29) is 23.7 Å². The molecule has 0 bridgehead atoms. The van der Waals surface area contributed by atoms with Gasteiger partial charge in [0.2, 0.25) is 5.05 Å². The standard InChI is InChI=1S/C9H11NO4S/c1-5(6(2)11)9(15)14-10-7(12)3-4-8(10)13/h5H,3-4H2,1-2H3. The van der Waals surface area contributed by atoms with Gasteiger partial charge >= 0.3 is 0 Å². The number of thiocarbonyl (C=S) groups is 1. The molecule has 0 aromatic rings. The third kappa shape index (κ3) is 2.59. The van der Waals surface area contributed by atoms with E-state index < -0.39 is 17.7 Å². The van der Waals surface area contributed by atoms with Crippen LogP contribution in [0.4, 0.5) is 0 Å². The smallest absolute Gasteiger partial charge is 0.263 e. The predicted octanol–water partition coefficient (Wildman–Crippen LogP) is 0.619. The van der Waals surface area contributed by atoms with E-state index in [4.69, 9.17) is 17.1 Å².